The zero-order valence-corrected chi connectivity index (χ0v) is 15.7. The quantitative estimate of drug-likeness (QED) is 0.747. The van der Waals surface area contributed by atoms with E-state index in [1.54, 1.807) is 11.1 Å². The molecule has 6 nitrogen and oxygen atoms in total. The molecule has 6 heteroatoms. The predicted molar refractivity (Wildman–Crippen MR) is 107 cm³/mol. The number of fused-ring (bicyclic) bond motifs is 2. The van der Waals surface area contributed by atoms with E-state index in [-0.39, 0.29) is 24.3 Å². The summed E-state index contributed by atoms with van der Waals surface area (Å²) in [7, 11) is 0. The van der Waals surface area contributed by atoms with Crippen molar-refractivity contribution in [3.05, 3.63) is 77.9 Å². The number of rotatable bonds is 5. The molecule has 1 atom stereocenters. The fraction of sp³-hybridized carbons (Fsp3) is 0.227. The summed E-state index contributed by atoms with van der Waals surface area (Å²) in [5, 5.41) is 2.96. The highest BCUT2D eigenvalue weighted by molar-refractivity contribution is 5.81. The number of nitrogens with one attached hydrogen (secondary N) is 1. The minimum atomic E-state index is -0.283. The van der Waals surface area contributed by atoms with Crippen LogP contribution in [0.3, 0.4) is 0 Å². The largest absolute Gasteiger partial charge is 0.356 e. The molecule has 0 aliphatic carbocycles. The van der Waals surface area contributed by atoms with Crippen molar-refractivity contribution in [2.24, 2.45) is 0 Å². The van der Waals surface area contributed by atoms with E-state index in [2.05, 4.69) is 10.3 Å². The van der Waals surface area contributed by atoms with Gasteiger partial charge in [0.15, 0.2) is 0 Å². The zero-order valence-electron chi connectivity index (χ0n) is 15.7. The van der Waals surface area contributed by atoms with Gasteiger partial charge < -0.3 is 14.6 Å². The van der Waals surface area contributed by atoms with E-state index in [4.69, 9.17) is 0 Å². The first-order valence-corrected chi connectivity index (χ1v) is 9.37. The highest BCUT2D eigenvalue weighted by Gasteiger charge is 2.27. The molecule has 4 rings (SSSR count). The Hall–Kier alpha value is -3.41. The maximum atomic E-state index is 12.6. The van der Waals surface area contributed by atoms with Crippen molar-refractivity contribution in [1.29, 1.82) is 0 Å². The van der Waals surface area contributed by atoms with Gasteiger partial charge in [-0.1, -0.05) is 30.3 Å². The van der Waals surface area contributed by atoms with E-state index in [0.717, 1.165) is 22.5 Å². The number of carbonyl (C=O) groups excluding carboxylic acids is 2. The van der Waals surface area contributed by atoms with Crippen LogP contribution in [0.2, 0.25) is 0 Å². The van der Waals surface area contributed by atoms with Crippen LogP contribution in [-0.4, -0.2) is 32.6 Å². The predicted octanol–water partition coefficient (Wildman–Crippen LogP) is 2.96. The molecule has 0 fully saturated rings. The van der Waals surface area contributed by atoms with Crippen molar-refractivity contribution in [3.8, 4) is 0 Å². The van der Waals surface area contributed by atoms with Gasteiger partial charge in [-0.15, -0.1) is 0 Å². The van der Waals surface area contributed by atoms with Crippen LogP contribution in [0.15, 0.2) is 61.1 Å². The molecule has 3 heterocycles. The number of nitrogens with zero attached hydrogens (tertiary/aromatic N) is 3. The van der Waals surface area contributed by atoms with Crippen molar-refractivity contribution in [1.82, 2.24) is 19.6 Å². The highest BCUT2D eigenvalue weighted by atomic mass is 16.2. The molecule has 1 aromatic carbocycles. The molecule has 0 saturated heterocycles. The first-order chi connectivity index (χ1) is 13.6. The Morgan fingerprint density at radius 2 is 1.96 bits per heavy atom. The van der Waals surface area contributed by atoms with Crippen LogP contribution < -0.4 is 5.32 Å². The Kier molecular flexibility index (Phi) is 4.93. The first kappa shape index (κ1) is 18.0. The maximum absolute atomic E-state index is 12.6. The minimum absolute atomic E-state index is 0.0757. The van der Waals surface area contributed by atoms with Crippen LogP contribution in [0.4, 0.5) is 0 Å². The summed E-state index contributed by atoms with van der Waals surface area (Å²) in [6.07, 6.45) is 8.49. The number of pyridine rings is 1. The molecule has 142 valence electrons. The minimum Gasteiger partial charge on any atom is -0.356 e. The number of imidazole rings is 1. The van der Waals surface area contributed by atoms with Gasteiger partial charge in [0.25, 0.3) is 0 Å². The topological polar surface area (TPSA) is 66.7 Å². The number of benzene rings is 1. The van der Waals surface area contributed by atoms with E-state index in [9.17, 15) is 9.59 Å². The van der Waals surface area contributed by atoms with Gasteiger partial charge >= 0.3 is 0 Å². The van der Waals surface area contributed by atoms with Crippen LogP contribution in [0.5, 0.6) is 0 Å². The second-order valence-electron chi connectivity index (χ2n) is 6.89. The van der Waals surface area contributed by atoms with Crippen LogP contribution in [-0.2, 0) is 16.0 Å². The van der Waals surface area contributed by atoms with Crippen LogP contribution in [0.25, 0.3) is 11.7 Å². The van der Waals surface area contributed by atoms with Gasteiger partial charge in [-0.05, 0) is 29.3 Å². The smallest absolute Gasteiger partial charge is 0.223 e. The fourth-order valence-corrected chi connectivity index (χ4v) is 3.60. The van der Waals surface area contributed by atoms with Crippen molar-refractivity contribution < 1.29 is 9.59 Å². The maximum Gasteiger partial charge on any atom is 0.223 e. The number of amides is 2. The second kappa shape index (κ2) is 7.68. The Balaban J connectivity index is 1.39. The molecule has 0 bridgehead atoms. The summed E-state index contributed by atoms with van der Waals surface area (Å²) in [4.78, 5) is 30.7. The number of aromatic nitrogens is 2. The van der Waals surface area contributed by atoms with Gasteiger partial charge in [0.05, 0.1) is 18.2 Å². The Labute approximate surface area is 163 Å². The van der Waals surface area contributed by atoms with E-state index in [0.29, 0.717) is 13.0 Å². The van der Waals surface area contributed by atoms with Gasteiger partial charge in [0, 0.05) is 38.5 Å². The molecule has 1 aliphatic rings. The van der Waals surface area contributed by atoms with Crippen molar-refractivity contribution in [2.75, 3.05) is 6.54 Å². The standard InChI is InChI=1S/C22H22N4O2/c1-16(27)26-13-10-17-6-2-3-7-19(17)20(26)14-22(28)23-11-9-18-15-25-12-5-4-8-21(25)24-18/h2-8,10,12-13,15,20H,9,11,14H2,1H3,(H,23,28)/t20-/m1/s1. The van der Waals surface area contributed by atoms with Gasteiger partial charge in [0.1, 0.15) is 5.65 Å². The molecule has 1 aliphatic heterocycles. The molecule has 3 aromatic rings. The molecule has 0 spiro atoms. The molecule has 0 radical (unpaired) electrons. The summed E-state index contributed by atoms with van der Waals surface area (Å²) in [6, 6.07) is 13.4. The van der Waals surface area contributed by atoms with E-state index in [1.807, 2.05) is 65.3 Å². The third kappa shape index (κ3) is 3.67. The van der Waals surface area contributed by atoms with Gasteiger partial charge in [-0.2, -0.15) is 0 Å². The molecule has 2 amide bonds. The SMILES string of the molecule is CC(=O)N1C=Cc2ccccc2[C@H]1CC(=O)NCCc1cn2ccccc2n1. The van der Waals surface area contributed by atoms with Crippen LogP contribution in [0, 0.1) is 0 Å². The number of hydrogen-bond acceptors (Lipinski definition) is 3. The van der Waals surface area contributed by atoms with E-state index in [1.165, 1.54) is 6.92 Å². The molecule has 0 unspecified atom stereocenters. The van der Waals surface area contributed by atoms with Crippen molar-refractivity contribution >= 4 is 23.5 Å². The Morgan fingerprint density at radius 3 is 2.79 bits per heavy atom. The molecular formula is C22H22N4O2. The molecule has 28 heavy (non-hydrogen) atoms. The number of carbonyl (C=O) groups is 2. The zero-order chi connectivity index (χ0) is 19.5. The molecule has 2 aromatic heterocycles. The summed E-state index contributed by atoms with van der Waals surface area (Å²) < 4.78 is 1.97. The number of hydrogen-bond donors (Lipinski definition) is 1. The van der Waals surface area contributed by atoms with Gasteiger partial charge in [-0.25, -0.2) is 4.98 Å². The second-order valence-corrected chi connectivity index (χ2v) is 6.89. The van der Waals surface area contributed by atoms with Gasteiger partial charge in [0.2, 0.25) is 11.8 Å². The summed E-state index contributed by atoms with van der Waals surface area (Å²) in [5.41, 5.74) is 3.87. The average Bonchev–Trinajstić information content (AvgIpc) is 3.10. The average molecular weight is 374 g/mol. The summed E-state index contributed by atoms with van der Waals surface area (Å²) >= 11 is 0. The normalized spacial score (nSPS) is 15.5. The third-order valence-corrected chi connectivity index (χ3v) is 4.97. The van der Waals surface area contributed by atoms with E-state index >= 15 is 0 Å². The first-order valence-electron chi connectivity index (χ1n) is 9.37. The van der Waals surface area contributed by atoms with E-state index < -0.39 is 0 Å². The lowest BCUT2D eigenvalue weighted by atomic mass is 9.93. The lowest BCUT2D eigenvalue weighted by Crippen LogP contribution is -2.35. The van der Waals surface area contributed by atoms with Crippen molar-refractivity contribution in [3.63, 3.8) is 0 Å². The summed E-state index contributed by atoms with van der Waals surface area (Å²) in [5.74, 6) is -0.154. The van der Waals surface area contributed by atoms with Crippen LogP contribution >= 0.6 is 0 Å². The lowest BCUT2D eigenvalue weighted by Gasteiger charge is -2.32. The molecular weight excluding hydrogens is 352 g/mol. The molecule has 1 N–H and O–H groups in total. The summed E-state index contributed by atoms with van der Waals surface area (Å²) in [6.45, 7) is 2.03. The fourth-order valence-electron chi connectivity index (χ4n) is 3.60. The Bertz CT molecular complexity index is 1020. The van der Waals surface area contributed by atoms with Gasteiger partial charge in [-0.3, -0.25) is 9.59 Å². The van der Waals surface area contributed by atoms with Crippen LogP contribution in [0.1, 0.15) is 36.2 Å². The monoisotopic (exact) mass is 374 g/mol. The Morgan fingerprint density at radius 1 is 1.14 bits per heavy atom. The van der Waals surface area contributed by atoms with Crippen molar-refractivity contribution in [2.45, 2.75) is 25.8 Å². The highest BCUT2D eigenvalue weighted by Crippen LogP contribution is 2.32. The lowest BCUT2D eigenvalue weighted by molar-refractivity contribution is -0.129. The third-order valence-electron chi connectivity index (χ3n) is 4.97. The molecule has 0 saturated carbocycles.